The first kappa shape index (κ1) is 12.3. The minimum Gasteiger partial charge on any atom is -0.293 e. The fourth-order valence-corrected chi connectivity index (χ4v) is 2.92. The number of amides is 1. The van der Waals surface area contributed by atoms with E-state index >= 15 is 0 Å². The van der Waals surface area contributed by atoms with E-state index < -0.39 is 0 Å². The summed E-state index contributed by atoms with van der Waals surface area (Å²) in [6.45, 7) is 4.45. The molecule has 0 aliphatic carbocycles. The van der Waals surface area contributed by atoms with Gasteiger partial charge in [-0.1, -0.05) is 30.0 Å². The van der Waals surface area contributed by atoms with Crippen LogP contribution in [-0.2, 0) is 4.79 Å². The van der Waals surface area contributed by atoms with Gasteiger partial charge in [0.15, 0.2) is 0 Å². The van der Waals surface area contributed by atoms with Crippen LogP contribution in [-0.4, -0.2) is 26.7 Å². The molecular weight excluding hydrogens is 252 g/mol. The molecule has 17 heavy (non-hydrogen) atoms. The monoisotopic (exact) mass is 264 g/mol. The molecule has 0 saturated carbocycles. The van der Waals surface area contributed by atoms with Crippen LogP contribution in [0.15, 0.2) is 23.1 Å². The molecule has 0 aromatic carbocycles. The first-order valence-electron chi connectivity index (χ1n) is 5.31. The fraction of sp³-hybridized carbons (Fsp3) is 0.250. The maximum atomic E-state index is 12.0. The van der Waals surface area contributed by atoms with Crippen molar-refractivity contribution in [2.45, 2.75) is 13.8 Å². The van der Waals surface area contributed by atoms with Crippen LogP contribution in [0.25, 0.3) is 6.08 Å². The standard InChI is InChI=1S/C12H12N2OS2/c1-3-14-11(15)10(17-12(14)16)7-9-6-4-5-8(2)13-9/h4-7H,3H2,1-2H3. The Morgan fingerprint density at radius 2 is 2.29 bits per heavy atom. The minimum absolute atomic E-state index is 0.0224. The van der Waals surface area contributed by atoms with Gasteiger partial charge in [0.05, 0.1) is 10.6 Å². The topological polar surface area (TPSA) is 33.2 Å². The van der Waals surface area contributed by atoms with Gasteiger partial charge in [-0.25, -0.2) is 0 Å². The maximum absolute atomic E-state index is 12.0. The van der Waals surface area contributed by atoms with Crippen LogP contribution in [0, 0.1) is 6.92 Å². The molecule has 2 heterocycles. The Morgan fingerprint density at radius 1 is 1.53 bits per heavy atom. The van der Waals surface area contributed by atoms with Gasteiger partial charge >= 0.3 is 0 Å². The molecule has 0 spiro atoms. The van der Waals surface area contributed by atoms with Crippen LogP contribution >= 0.6 is 24.0 Å². The number of hydrogen-bond acceptors (Lipinski definition) is 4. The molecule has 1 aromatic heterocycles. The zero-order valence-corrected chi connectivity index (χ0v) is 11.3. The molecular formula is C12H12N2OS2. The van der Waals surface area contributed by atoms with Crippen molar-refractivity contribution in [2.24, 2.45) is 0 Å². The molecule has 0 radical (unpaired) electrons. The smallest absolute Gasteiger partial charge is 0.266 e. The summed E-state index contributed by atoms with van der Waals surface area (Å²) in [6, 6.07) is 5.73. The van der Waals surface area contributed by atoms with Gasteiger partial charge < -0.3 is 0 Å². The van der Waals surface area contributed by atoms with Crippen LogP contribution in [0.5, 0.6) is 0 Å². The third-order valence-electron chi connectivity index (χ3n) is 2.38. The minimum atomic E-state index is -0.0224. The molecule has 1 aromatic rings. The molecule has 0 atom stereocenters. The highest BCUT2D eigenvalue weighted by atomic mass is 32.2. The highest BCUT2D eigenvalue weighted by Gasteiger charge is 2.30. The number of thioether (sulfide) groups is 1. The van der Waals surface area contributed by atoms with Gasteiger partial charge in [-0.05, 0) is 32.1 Å². The normalized spacial score (nSPS) is 18.2. The molecule has 3 nitrogen and oxygen atoms in total. The van der Waals surface area contributed by atoms with E-state index in [1.807, 2.05) is 32.0 Å². The number of carbonyl (C=O) groups is 1. The van der Waals surface area contributed by atoms with Gasteiger partial charge in [0, 0.05) is 12.2 Å². The number of thiocarbonyl (C=S) groups is 1. The summed E-state index contributed by atoms with van der Waals surface area (Å²) in [6.07, 6.45) is 1.79. The Labute approximate surface area is 110 Å². The second-order valence-electron chi connectivity index (χ2n) is 3.63. The number of hydrogen-bond donors (Lipinski definition) is 0. The SMILES string of the molecule is CCN1C(=O)C(=Cc2cccc(C)n2)SC1=S. The van der Waals surface area contributed by atoms with Crippen molar-refractivity contribution in [3.63, 3.8) is 0 Å². The van der Waals surface area contributed by atoms with E-state index in [0.29, 0.717) is 15.8 Å². The van der Waals surface area contributed by atoms with Gasteiger partial charge in [-0.15, -0.1) is 0 Å². The molecule has 1 amide bonds. The van der Waals surface area contributed by atoms with E-state index in [-0.39, 0.29) is 5.91 Å². The van der Waals surface area contributed by atoms with Crippen molar-refractivity contribution in [2.75, 3.05) is 6.54 Å². The molecule has 0 bridgehead atoms. The summed E-state index contributed by atoms with van der Waals surface area (Å²) < 4.78 is 0.622. The lowest BCUT2D eigenvalue weighted by molar-refractivity contribution is -0.121. The molecule has 88 valence electrons. The summed E-state index contributed by atoms with van der Waals surface area (Å²) in [4.78, 5) is 18.5. The molecule has 1 aliphatic heterocycles. The van der Waals surface area contributed by atoms with Gasteiger partial charge in [0.2, 0.25) is 0 Å². The maximum Gasteiger partial charge on any atom is 0.266 e. The van der Waals surface area contributed by atoms with Crippen molar-refractivity contribution >= 4 is 40.3 Å². The Balaban J connectivity index is 2.30. The van der Waals surface area contributed by atoms with Gasteiger partial charge in [0.1, 0.15) is 4.32 Å². The highest BCUT2D eigenvalue weighted by Crippen LogP contribution is 2.31. The summed E-state index contributed by atoms with van der Waals surface area (Å²) >= 11 is 6.48. The van der Waals surface area contributed by atoms with Crippen molar-refractivity contribution in [1.29, 1.82) is 0 Å². The number of aryl methyl sites for hydroxylation is 1. The number of rotatable bonds is 2. The average molecular weight is 264 g/mol. The predicted octanol–water partition coefficient (Wildman–Crippen LogP) is 2.61. The van der Waals surface area contributed by atoms with Crippen molar-refractivity contribution in [3.8, 4) is 0 Å². The van der Waals surface area contributed by atoms with E-state index in [1.54, 1.807) is 11.0 Å². The Bertz CT molecular complexity index is 511. The second-order valence-corrected chi connectivity index (χ2v) is 5.31. The average Bonchev–Trinajstić information content (AvgIpc) is 2.54. The summed E-state index contributed by atoms with van der Waals surface area (Å²) in [5.74, 6) is -0.0224. The van der Waals surface area contributed by atoms with Crippen LogP contribution in [0.4, 0.5) is 0 Å². The van der Waals surface area contributed by atoms with Crippen molar-refractivity contribution in [1.82, 2.24) is 9.88 Å². The highest BCUT2D eigenvalue weighted by molar-refractivity contribution is 8.26. The Hall–Kier alpha value is -1.20. The first-order chi connectivity index (χ1) is 8.11. The van der Waals surface area contributed by atoms with Crippen LogP contribution in [0.2, 0.25) is 0 Å². The largest absolute Gasteiger partial charge is 0.293 e. The Kier molecular flexibility index (Phi) is 3.59. The summed E-state index contributed by atoms with van der Waals surface area (Å²) in [5, 5.41) is 0. The van der Waals surface area contributed by atoms with Gasteiger partial charge in [-0.3, -0.25) is 14.7 Å². The zero-order valence-electron chi connectivity index (χ0n) is 9.64. The quantitative estimate of drug-likeness (QED) is 0.607. The van der Waals surface area contributed by atoms with E-state index in [4.69, 9.17) is 12.2 Å². The lowest BCUT2D eigenvalue weighted by atomic mass is 10.3. The van der Waals surface area contributed by atoms with Crippen molar-refractivity contribution in [3.05, 3.63) is 34.5 Å². The molecule has 0 N–H and O–H groups in total. The fourth-order valence-electron chi connectivity index (χ4n) is 1.55. The predicted molar refractivity (Wildman–Crippen MR) is 74.5 cm³/mol. The van der Waals surface area contributed by atoms with E-state index in [2.05, 4.69) is 4.98 Å². The van der Waals surface area contributed by atoms with Crippen LogP contribution in [0.3, 0.4) is 0 Å². The number of carbonyl (C=O) groups excluding carboxylic acids is 1. The number of pyridine rings is 1. The number of likely N-dealkylation sites (N-methyl/N-ethyl adjacent to an activating group) is 1. The molecule has 1 saturated heterocycles. The lowest BCUT2D eigenvalue weighted by Crippen LogP contribution is -2.27. The van der Waals surface area contributed by atoms with E-state index in [9.17, 15) is 4.79 Å². The van der Waals surface area contributed by atoms with Gasteiger partial charge in [0.25, 0.3) is 5.91 Å². The number of nitrogens with zero attached hydrogens (tertiary/aromatic N) is 2. The van der Waals surface area contributed by atoms with Crippen LogP contribution < -0.4 is 0 Å². The van der Waals surface area contributed by atoms with E-state index in [0.717, 1.165) is 11.4 Å². The van der Waals surface area contributed by atoms with Crippen molar-refractivity contribution < 1.29 is 4.79 Å². The van der Waals surface area contributed by atoms with E-state index in [1.165, 1.54) is 11.8 Å². The van der Waals surface area contributed by atoms with Gasteiger partial charge in [-0.2, -0.15) is 0 Å². The number of aromatic nitrogens is 1. The lowest BCUT2D eigenvalue weighted by Gasteiger charge is -2.09. The molecule has 1 aliphatic rings. The molecule has 1 fully saturated rings. The second kappa shape index (κ2) is 4.98. The van der Waals surface area contributed by atoms with Crippen LogP contribution in [0.1, 0.15) is 18.3 Å². The Morgan fingerprint density at radius 3 is 2.88 bits per heavy atom. The first-order valence-corrected chi connectivity index (χ1v) is 6.53. The molecule has 5 heteroatoms. The summed E-state index contributed by atoms with van der Waals surface area (Å²) in [7, 11) is 0. The summed E-state index contributed by atoms with van der Waals surface area (Å²) in [5.41, 5.74) is 1.73. The zero-order chi connectivity index (χ0) is 12.4. The third-order valence-corrected chi connectivity index (χ3v) is 3.76. The third kappa shape index (κ3) is 2.56. The molecule has 2 rings (SSSR count). The molecule has 0 unspecified atom stereocenters.